The number of unbranched alkanes of at least 4 members (excludes halogenated alkanes) is 2. The number of aryl methyl sites for hydroxylation is 2. The number of benzene rings is 3. The van der Waals surface area contributed by atoms with Crippen molar-refractivity contribution < 1.29 is 19.1 Å². The summed E-state index contributed by atoms with van der Waals surface area (Å²) in [5.74, 6) is 0.539. The van der Waals surface area contributed by atoms with Gasteiger partial charge in [0.15, 0.2) is 0 Å². The number of amides is 3. The van der Waals surface area contributed by atoms with Gasteiger partial charge in [0.05, 0.1) is 40.5 Å². The Morgan fingerprint density at radius 3 is 2.50 bits per heavy atom. The highest BCUT2D eigenvalue weighted by Crippen LogP contribution is 2.37. The minimum Gasteiger partial charge on any atom is -0.444 e. The lowest BCUT2D eigenvalue weighted by atomic mass is 10.0. The molecule has 0 bridgehead atoms. The van der Waals surface area contributed by atoms with Crippen molar-refractivity contribution >= 4 is 45.5 Å². The Morgan fingerprint density at radius 1 is 0.904 bits per heavy atom. The van der Waals surface area contributed by atoms with Crippen molar-refractivity contribution in [3.63, 3.8) is 0 Å². The van der Waals surface area contributed by atoms with Crippen LogP contribution in [0.3, 0.4) is 0 Å². The van der Waals surface area contributed by atoms with Crippen LogP contribution in [0.4, 0.5) is 10.5 Å². The zero-order valence-corrected chi connectivity index (χ0v) is 29.8. The Morgan fingerprint density at radius 2 is 1.71 bits per heavy atom. The maximum Gasteiger partial charge on any atom is 0.407 e. The number of hydrogen-bond donors (Lipinski definition) is 3. The predicted octanol–water partition coefficient (Wildman–Crippen LogP) is 6.95. The number of nitrogens with zero attached hydrogens (tertiary/aromatic N) is 5. The van der Waals surface area contributed by atoms with E-state index in [0.717, 1.165) is 69.6 Å². The summed E-state index contributed by atoms with van der Waals surface area (Å²) in [6.45, 7) is 6.52. The zero-order chi connectivity index (χ0) is 36.4. The number of para-hydroxylation sites is 1. The number of pyridine rings is 1. The fourth-order valence-electron chi connectivity index (χ4n) is 6.50. The fraction of sp³-hybridized carbons (Fsp3) is 0.300. The first-order valence-corrected chi connectivity index (χ1v) is 17.6. The third kappa shape index (κ3) is 7.36. The molecule has 0 fully saturated rings. The van der Waals surface area contributed by atoms with Gasteiger partial charge in [0.25, 0.3) is 5.91 Å². The van der Waals surface area contributed by atoms with Crippen LogP contribution in [0, 0.1) is 0 Å². The number of nitrogens with one attached hydrogen (secondary N) is 3. The highest BCUT2D eigenvalue weighted by atomic mass is 16.6. The van der Waals surface area contributed by atoms with Gasteiger partial charge < -0.3 is 25.3 Å². The number of carbonyl (C=O) groups excluding carboxylic acids is 3. The second-order valence-corrected chi connectivity index (χ2v) is 14.1. The molecule has 1 aliphatic rings. The largest absolute Gasteiger partial charge is 0.444 e. The van der Waals surface area contributed by atoms with Crippen LogP contribution in [0.2, 0.25) is 0 Å². The number of hydrogen-bond acceptors (Lipinski definition) is 7. The van der Waals surface area contributed by atoms with Crippen LogP contribution in [-0.4, -0.2) is 60.7 Å². The van der Waals surface area contributed by atoms with Crippen LogP contribution in [0.5, 0.6) is 0 Å². The van der Waals surface area contributed by atoms with E-state index in [0.29, 0.717) is 42.8 Å². The van der Waals surface area contributed by atoms with Crippen molar-refractivity contribution in [3.8, 4) is 28.5 Å². The summed E-state index contributed by atoms with van der Waals surface area (Å²) >= 11 is 0. The molecule has 3 amide bonds. The molecule has 1 aliphatic heterocycles. The van der Waals surface area contributed by atoms with Crippen LogP contribution in [0.15, 0.2) is 79.3 Å². The van der Waals surface area contributed by atoms with E-state index in [4.69, 9.17) is 14.7 Å². The lowest BCUT2D eigenvalue weighted by Crippen LogP contribution is -2.33. The standard InChI is InChI=1S/C40H42N8O4/c1-40(2,3)52-39(51)43-19-9-5-8-18-42-38(50)26-12-16-34-32(21-26)46-37(48(34)27-14-15-30-25(20-27)13-17-36(49)45-30)29-22-33(35-23-41-24-47(35)4)44-31-11-7-6-10-28(29)31/h6-7,10-12,14-16,20-24H,5,8-9,13,17-19H2,1-4H3,(H,42,50)(H,43,51)(H,45,49). The molecule has 4 heterocycles. The van der Waals surface area contributed by atoms with E-state index in [1.807, 2.05) is 93.0 Å². The number of aromatic nitrogens is 5. The van der Waals surface area contributed by atoms with Gasteiger partial charge in [0.1, 0.15) is 11.4 Å². The molecule has 0 unspecified atom stereocenters. The van der Waals surface area contributed by atoms with Crippen molar-refractivity contribution in [3.05, 3.63) is 90.4 Å². The Kier molecular flexibility index (Phi) is 9.46. The van der Waals surface area contributed by atoms with Gasteiger partial charge in [-0.1, -0.05) is 18.2 Å². The van der Waals surface area contributed by atoms with Crippen molar-refractivity contribution in [2.45, 2.75) is 58.5 Å². The minimum absolute atomic E-state index is 0.0148. The van der Waals surface area contributed by atoms with Gasteiger partial charge in [0, 0.05) is 54.4 Å². The van der Waals surface area contributed by atoms with Crippen LogP contribution >= 0.6 is 0 Å². The van der Waals surface area contributed by atoms with Gasteiger partial charge in [-0.05, 0) is 101 Å². The van der Waals surface area contributed by atoms with Gasteiger partial charge >= 0.3 is 6.09 Å². The number of alkyl carbamates (subject to hydrolysis) is 1. The van der Waals surface area contributed by atoms with E-state index in [2.05, 4.69) is 31.6 Å². The molecular weight excluding hydrogens is 656 g/mol. The molecule has 0 saturated heterocycles. The first kappa shape index (κ1) is 34.4. The lowest BCUT2D eigenvalue weighted by Gasteiger charge is -2.19. The van der Waals surface area contributed by atoms with E-state index in [1.165, 1.54) is 0 Å². The number of imidazole rings is 2. The molecule has 7 rings (SSSR count). The minimum atomic E-state index is -0.532. The second-order valence-electron chi connectivity index (χ2n) is 14.1. The van der Waals surface area contributed by atoms with Crippen LogP contribution in [0.25, 0.3) is 50.4 Å². The zero-order valence-electron chi connectivity index (χ0n) is 29.8. The first-order valence-electron chi connectivity index (χ1n) is 17.6. The quantitative estimate of drug-likeness (QED) is 0.131. The molecule has 12 heteroatoms. The fourth-order valence-corrected chi connectivity index (χ4v) is 6.50. The number of anilines is 1. The van der Waals surface area contributed by atoms with E-state index in [9.17, 15) is 14.4 Å². The van der Waals surface area contributed by atoms with Crippen LogP contribution < -0.4 is 16.0 Å². The molecule has 3 N–H and O–H groups in total. The summed E-state index contributed by atoms with van der Waals surface area (Å²) in [6.07, 6.45) is 6.60. The van der Waals surface area contributed by atoms with Crippen molar-refractivity contribution in [2.75, 3.05) is 18.4 Å². The van der Waals surface area contributed by atoms with Gasteiger partial charge in [-0.25, -0.2) is 19.7 Å². The van der Waals surface area contributed by atoms with E-state index in [-0.39, 0.29) is 11.8 Å². The van der Waals surface area contributed by atoms with Crippen LogP contribution in [0.1, 0.15) is 62.4 Å². The third-order valence-electron chi connectivity index (χ3n) is 9.00. The number of fused-ring (bicyclic) bond motifs is 3. The SMILES string of the molecule is Cn1cncc1-c1cc(-c2nc3cc(C(=O)NCCCCCNC(=O)OC(C)(C)C)ccc3n2-c2ccc3c(c2)CCC(=O)N3)c2ccccc2n1. The lowest BCUT2D eigenvalue weighted by molar-refractivity contribution is -0.116. The van der Waals surface area contributed by atoms with E-state index >= 15 is 0 Å². The first-order chi connectivity index (χ1) is 25.0. The Hall–Kier alpha value is -6.04. The van der Waals surface area contributed by atoms with Gasteiger partial charge in [-0.3, -0.25) is 14.2 Å². The summed E-state index contributed by atoms with van der Waals surface area (Å²) < 4.78 is 9.33. The van der Waals surface area contributed by atoms with Gasteiger partial charge in [-0.2, -0.15) is 0 Å². The summed E-state index contributed by atoms with van der Waals surface area (Å²) in [7, 11) is 1.94. The van der Waals surface area contributed by atoms with E-state index < -0.39 is 11.7 Å². The normalized spacial score (nSPS) is 12.8. The molecule has 6 aromatic rings. The molecule has 52 heavy (non-hydrogen) atoms. The summed E-state index contributed by atoms with van der Waals surface area (Å²) in [5, 5.41) is 9.73. The number of ether oxygens (including phenoxy) is 1. The molecule has 0 aliphatic carbocycles. The number of rotatable bonds is 10. The van der Waals surface area contributed by atoms with Crippen LogP contribution in [-0.2, 0) is 23.0 Å². The van der Waals surface area contributed by atoms with Crippen molar-refractivity contribution in [1.29, 1.82) is 0 Å². The molecule has 3 aromatic carbocycles. The molecular formula is C40H42N8O4. The Bertz CT molecular complexity index is 2320. The second kappa shape index (κ2) is 14.3. The highest BCUT2D eigenvalue weighted by Gasteiger charge is 2.22. The Labute approximate surface area is 301 Å². The van der Waals surface area contributed by atoms with Crippen molar-refractivity contribution in [1.82, 2.24) is 34.7 Å². The molecule has 0 spiro atoms. The van der Waals surface area contributed by atoms with Gasteiger partial charge in [-0.15, -0.1) is 0 Å². The van der Waals surface area contributed by atoms with Gasteiger partial charge in [0.2, 0.25) is 5.91 Å². The predicted molar refractivity (Wildman–Crippen MR) is 201 cm³/mol. The summed E-state index contributed by atoms with van der Waals surface area (Å²) in [6, 6.07) is 21.7. The molecule has 12 nitrogen and oxygen atoms in total. The third-order valence-corrected chi connectivity index (χ3v) is 9.00. The molecule has 0 atom stereocenters. The summed E-state index contributed by atoms with van der Waals surface area (Å²) in [4.78, 5) is 51.8. The average molecular weight is 699 g/mol. The molecule has 3 aromatic heterocycles. The molecule has 0 radical (unpaired) electrons. The summed E-state index contributed by atoms with van der Waals surface area (Å²) in [5.41, 5.74) is 7.60. The monoisotopic (exact) mass is 698 g/mol. The maximum atomic E-state index is 13.3. The maximum absolute atomic E-state index is 13.3. The molecule has 0 saturated carbocycles. The molecule has 266 valence electrons. The number of carbonyl (C=O) groups is 3. The van der Waals surface area contributed by atoms with E-state index in [1.54, 1.807) is 12.5 Å². The average Bonchev–Trinajstić information content (AvgIpc) is 3.72. The smallest absolute Gasteiger partial charge is 0.407 e. The Balaban J connectivity index is 1.19. The highest BCUT2D eigenvalue weighted by molar-refractivity contribution is 6.01. The van der Waals surface area contributed by atoms with Crippen molar-refractivity contribution in [2.24, 2.45) is 7.05 Å². The topological polar surface area (TPSA) is 145 Å².